The summed E-state index contributed by atoms with van der Waals surface area (Å²) < 4.78 is 23.5. The minimum atomic E-state index is -3.70. The van der Waals surface area contributed by atoms with Gasteiger partial charge in [0.1, 0.15) is 4.90 Å². The summed E-state index contributed by atoms with van der Waals surface area (Å²) in [5, 5.41) is 3.84. The highest BCUT2D eigenvalue weighted by molar-refractivity contribution is 8.13. The molecule has 0 aromatic carbocycles. The van der Waals surface area contributed by atoms with E-state index in [1.807, 2.05) is 0 Å². The predicted octanol–water partition coefficient (Wildman–Crippen LogP) is 1.26. The SMILES string of the molecule is O=S(=O)(Cl)c1cnn2ccccc12. The maximum absolute atomic E-state index is 11.0. The molecular formula is C7H5ClN2O2S. The summed E-state index contributed by atoms with van der Waals surface area (Å²) in [6.07, 6.45) is 2.89. The quantitative estimate of drug-likeness (QED) is 0.675. The fourth-order valence-electron chi connectivity index (χ4n) is 1.10. The van der Waals surface area contributed by atoms with E-state index in [-0.39, 0.29) is 4.90 Å². The molecule has 0 fully saturated rings. The van der Waals surface area contributed by atoms with Crippen LogP contribution >= 0.6 is 10.7 Å². The molecular weight excluding hydrogens is 212 g/mol. The van der Waals surface area contributed by atoms with E-state index in [4.69, 9.17) is 10.7 Å². The average Bonchev–Trinajstić information content (AvgIpc) is 2.45. The average molecular weight is 217 g/mol. The van der Waals surface area contributed by atoms with Gasteiger partial charge in [0, 0.05) is 16.9 Å². The Balaban J connectivity index is 2.87. The first-order chi connectivity index (χ1) is 6.09. The Morgan fingerprint density at radius 1 is 1.38 bits per heavy atom. The molecule has 0 spiro atoms. The molecule has 0 aliphatic heterocycles. The summed E-state index contributed by atoms with van der Waals surface area (Å²) in [6.45, 7) is 0. The van der Waals surface area contributed by atoms with Gasteiger partial charge in [0.2, 0.25) is 0 Å². The summed E-state index contributed by atoms with van der Waals surface area (Å²) >= 11 is 0. The van der Waals surface area contributed by atoms with E-state index in [2.05, 4.69) is 5.10 Å². The number of pyridine rings is 1. The van der Waals surface area contributed by atoms with E-state index in [0.717, 1.165) is 0 Å². The summed E-state index contributed by atoms with van der Waals surface area (Å²) in [5.74, 6) is 0. The topological polar surface area (TPSA) is 51.4 Å². The molecule has 0 saturated carbocycles. The van der Waals surface area contributed by atoms with Crippen molar-refractivity contribution in [2.24, 2.45) is 0 Å². The van der Waals surface area contributed by atoms with Crippen molar-refractivity contribution in [3.05, 3.63) is 30.6 Å². The number of rotatable bonds is 1. The normalized spacial score (nSPS) is 12.1. The summed E-state index contributed by atoms with van der Waals surface area (Å²) in [7, 11) is 1.50. The second-order valence-corrected chi connectivity index (χ2v) is 5.01. The maximum Gasteiger partial charge on any atom is 0.265 e. The molecule has 2 aromatic heterocycles. The Labute approximate surface area is 79.2 Å². The van der Waals surface area contributed by atoms with Gasteiger partial charge in [-0.3, -0.25) is 0 Å². The van der Waals surface area contributed by atoms with Gasteiger partial charge in [-0.05, 0) is 12.1 Å². The Hall–Kier alpha value is -1.07. The molecule has 13 heavy (non-hydrogen) atoms. The molecule has 0 aliphatic carbocycles. The third kappa shape index (κ3) is 1.40. The summed E-state index contributed by atoms with van der Waals surface area (Å²) in [6, 6.07) is 5.12. The Bertz CT molecular complexity index is 546. The van der Waals surface area contributed by atoms with Gasteiger partial charge in [-0.25, -0.2) is 12.9 Å². The predicted molar refractivity (Wildman–Crippen MR) is 48.2 cm³/mol. The lowest BCUT2D eigenvalue weighted by molar-refractivity contribution is 0.610. The van der Waals surface area contributed by atoms with E-state index in [1.165, 1.54) is 10.7 Å². The van der Waals surface area contributed by atoms with Gasteiger partial charge in [0.25, 0.3) is 9.05 Å². The standard InChI is InChI=1S/C7H5ClN2O2S/c8-13(11,12)7-5-9-10-4-2-1-3-6(7)10/h1-5H. The molecule has 0 N–H and O–H groups in total. The van der Waals surface area contributed by atoms with E-state index < -0.39 is 9.05 Å². The zero-order chi connectivity index (χ0) is 9.47. The summed E-state index contributed by atoms with van der Waals surface area (Å²) in [5.41, 5.74) is 0.484. The van der Waals surface area contributed by atoms with Gasteiger partial charge in [-0.2, -0.15) is 5.10 Å². The Morgan fingerprint density at radius 3 is 2.85 bits per heavy atom. The molecule has 0 aliphatic rings. The van der Waals surface area contributed by atoms with Crippen LogP contribution < -0.4 is 0 Å². The van der Waals surface area contributed by atoms with Crippen LogP contribution in [-0.2, 0) is 9.05 Å². The first-order valence-electron chi connectivity index (χ1n) is 3.46. The number of nitrogens with zero attached hydrogens (tertiary/aromatic N) is 2. The van der Waals surface area contributed by atoms with Crippen molar-refractivity contribution >= 4 is 25.2 Å². The second-order valence-electron chi connectivity index (χ2n) is 2.48. The monoisotopic (exact) mass is 216 g/mol. The fourth-order valence-corrected chi connectivity index (χ4v) is 2.04. The molecule has 2 heterocycles. The highest BCUT2D eigenvalue weighted by atomic mass is 35.7. The molecule has 0 saturated heterocycles. The van der Waals surface area contributed by atoms with Crippen molar-refractivity contribution in [3.8, 4) is 0 Å². The van der Waals surface area contributed by atoms with Gasteiger partial charge < -0.3 is 0 Å². The van der Waals surface area contributed by atoms with Crippen LogP contribution in [0.3, 0.4) is 0 Å². The van der Waals surface area contributed by atoms with E-state index in [9.17, 15) is 8.42 Å². The molecule has 0 unspecified atom stereocenters. The number of hydrogen-bond acceptors (Lipinski definition) is 3. The van der Waals surface area contributed by atoms with Crippen LogP contribution in [0.4, 0.5) is 0 Å². The van der Waals surface area contributed by atoms with Crippen LogP contribution in [0.5, 0.6) is 0 Å². The van der Waals surface area contributed by atoms with Crippen molar-refractivity contribution in [1.82, 2.24) is 9.61 Å². The number of hydrogen-bond donors (Lipinski definition) is 0. The lowest BCUT2D eigenvalue weighted by atomic mass is 10.4. The van der Waals surface area contributed by atoms with Crippen LogP contribution in [0.25, 0.3) is 5.52 Å². The van der Waals surface area contributed by atoms with Crippen molar-refractivity contribution in [2.45, 2.75) is 4.90 Å². The lowest BCUT2D eigenvalue weighted by Gasteiger charge is -1.92. The van der Waals surface area contributed by atoms with E-state index in [0.29, 0.717) is 5.52 Å². The third-order valence-electron chi connectivity index (χ3n) is 1.65. The molecule has 4 nitrogen and oxygen atoms in total. The van der Waals surface area contributed by atoms with Crippen LogP contribution in [0.15, 0.2) is 35.5 Å². The number of fused-ring (bicyclic) bond motifs is 1. The largest absolute Gasteiger partial charge is 0.265 e. The number of halogens is 1. The van der Waals surface area contributed by atoms with Gasteiger partial charge in [0.05, 0.1) is 11.7 Å². The number of aromatic nitrogens is 2. The molecule has 68 valence electrons. The van der Waals surface area contributed by atoms with Gasteiger partial charge in [0.15, 0.2) is 0 Å². The van der Waals surface area contributed by atoms with Crippen molar-refractivity contribution in [3.63, 3.8) is 0 Å². The Morgan fingerprint density at radius 2 is 2.15 bits per heavy atom. The minimum Gasteiger partial charge on any atom is -0.240 e. The zero-order valence-electron chi connectivity index (χ0n) is 6.38. The van der Waals surface area contributed by atoms with Gasteiger partial charge >= 0.3 is 0 Å². The maximum atomic E-state index is 11.0. The third-order valence-corrected chi connectivity index (χ3v) is 2.99. The molecule has 0 bridgehead atoms. The highest BCUT2D eigenvalue weighted by Gasteiger charge is 2.15. The van der Waals surface area contributed by atoms with Crippen LogP contribution in [0.2, 0.25) is 0 Å². The van der Waals surface area contributed by atoms with Crippen LogP contribution in [0, 0.1) is 0 Å². The molecule has 6 heteroatoms. The molecule has 0 radical (unpaired) electrons. The van der Waals surface area contributed by atoms with E-state index >= 15 is 0 Å². The van der Waals surface area contributed by atoms with E-state index in [1.54, 1.807) is 24.4 Å². The zero-order valence-corrected chi connectivity index (χ0v) is 7.96. The lowest BCUT2D eigenvalue weighted by Crippen LogP contribution is -1.89. The Kier molecular flexibility index (Phi) is 1.78. The van der Waals surface area contributed by atoms with Crippen molar-refractivity contribution in [2.75, 3.05) is 0 Å². The fraction of sp³-hybridized carbons (Fsp3) is 0. The van der Waals surface area contributed by atoms with Crippen molar-refractivity contribution < 1.29 is 8.42 Å². The second kappa shape index (κ2) is 2.71. The minimum absolute atomic E-state index is 0.0368. The first kappa shape index (κ1) is 8.52. The van der Waals surface area contributed by atoms with Gasteiger partial charge in [-0.15, -0.1) is 0 Å². The highest BCUT2D eigenvalue weighted by Crippen LogP contribution is 2.19. The first-order valence-corrected chi connectivity index (χ1v) is 5.77. The van der Waals surface area contributed by atoms with Crippen LogP contribution in [-0.4, -0.2) is 18.0 Å². The molecule has 0 amide bonds. The van der Waals surface area contributed by atoms with Crippen molar-refractivity contribution in [1.29, 1.82) is 0 Å². The smallest absolute Gasteiger partial charge is 0.240 e. The molecule has 0 atom stereocenters. The van der Waals surface area contributed by atoms with Gasteiger partial charge in [-0.1, -0.05) is 6.07 Å². The van der Waals surface area contributed by atoms with Crippen LogP contribution in [0.1, 0.15) is 0 Å². The molecule has 2 rings (SSSR count). The molecule has 2 aromatic rings. The summed E-state index contributed by atoms with van der Waals surface area (Å²) in [4.78, 5) is 0.0368.